The molecule has 2 nitrogen and oxygen atoms in total. The van der Waals surface area contributed by atoms with Crippen LogP contribution in [0.5, 0.6) is 11.5 Å². The largest absolute Gasteiger partial charge is 0.457 e. The second kappa shape index (κ2) is 6.04. The molecule has 2 N–H and O–H groups in total. The number of halogens is 2. The third kappa shape index (κ3) is 3.46. The Morgan fingerprint density at radius 2 is 1.84 bits per heavy atom. The van der Waals surface area contributed by atoms with Crippen molar-refractivity contribution in [3.8, 4) is 11.5 Å². The van der Waals surface area contributed by atoms with Crippen molar-refractivity contribution in [1.29, 1.82) is 0 Å². The summed E-state index contributed by atoms with van der Waals surface area (Å²) in [6, 6.07) is 10.1. The lowest BCUT2D eigenvalue weighted by Gasteiger charge is -2.10. The predicted molar refractivity (Wildman–Crippen MR) is 75.4 cm³/mol. The van der Waals surface area contributed by atoms with Crippen molar-refractivity contribution < 1.29 is 9.13 Å². The molecule has 0 unspecified atom stereocenters. The van der Waals surface area contributed by atoms with Crippen molar-refractivity contribution in [1.82, 2.24) is 0 Å². The summed E-state index contributed by atoms with van der Waals surface area (Å²) < 4.78 is 18.7. The average Bonchev–Trinajstić information content (AvgIpc) is 2.37. The molecule has 0 saturated carbocycles. The minimum Gasteiger partial charge on any atom is -0.457 e. The maximum atomic E-state index is 13.0. The van der Waals surface area contributed by atoms with E-state index in [1.807, 2.05) is 25.1 Å². The van der Waals surface area contributed by atoms with E-state index in [0.29, 0.717) is 18.0 Å². The van der Waals surface area contributed by atoms with Crippen LogP contribution in [0, 0.1) is 12.7 Å². The standard InChI is InChI=1S/C15H15ClFNO/c1-10-8-12(3-2-11(10)6-7-18)19-13-4-5-15(17)14(16)9-13/h2-5,8-9H,6-7,18H2,1H3. The molecule has 0 saturated heterocycles. The quantitative estimate of drug-likeness (QED) is 0.915. The molecule has 19 heavy (non-hydrogen) atoms. The molecule has 2 aromatic rings. The molecule has 0 aromatic heterocycles. The summed E-state index contributed by atoms with van der Waals surface area (Å²) in [4.78, 5) is 0. The summed E-state index contributed by atoms with van der Waals surface area (Å²) in [6.45, 7) is 2.63. The van der Waals surface area contributed by atoms with E-state index in [-0.39, 0.29) is 5.02 Å². The van der Waals surface area contributed by atoms with Crippen LogP contribution < -0.4 is 10.5 Å². The van der Waals surface area contributed by atoms with E-state index in [1.165, 1.54) is 17.7 Å². The first kappa shape index (κ1) is 13.8. The van der Waals surface area contributed by atoms with Gasteiger partial charge >= 0.3 is 0 Å². The van der Waals surface area contributed by atoms with E-state index in [4.69, 9.17) is 22.1 Å². The summed E-state index contributed by atoms with van der Waals surface area (Å²) in [5.74, 6) is 0.752. The Kier molecular flexibility index (Phi) is 4.40. The van der Waals surface area contributed by atoms with Crippen molar-refractivity contribution in [2.75, 3.05) is 6.54 Å². The van der Waals surface area contributed by atoms with E-state index in [9.17, 15) is 4.39 Å². The molecule has 2 aromatic carbocycles. The Hall–Kier alpha value is -1.58. The van der Waals surface area contributed by atoms with E-state index < -0.39 is 5.82 Å². The van der Waals surface area contributed by atoms with Gasteiger partial charge in [-0.2, -0.15) is 0 Å². The number of hydrogen-bond acceptors (Lipinski definition) is 2. The molecule has 0 aliphatic carbocycles. The molecule has 2 rings (SSSR count). The van der Waals surface area contributed by atoms with Gasteiger partial charge in [0.2, 0.25) is 0 Å². The zero-order valence-electron chi connectivity index (χ0n) is 10.6. The zero-order valence-corrected chi connectivity index (χ0v) is 11.4. The van der Waals surface area contributed by atoms with Crippen LogP contribution in [0.15, 0.2) is 36.4 Å². The van der Waals surface area contributed by atoms with Gasteiger partial charge in [-0.3, -0.25) is 0 Å². The highest BCUT2D eigenvalue weighted by atomic mass is 35.5. The van der Waals surface area contributed by atoms with Gasteiger partial charge in [0.25, 0.3) is 0 Å². The van der Waals surface area contributed by atoms with Crippen molar-refractivity contribution in [2.45, 2.75) is 13.3 Å². The number of aryl methyl sites for hydroxylation is 1. The Morgan fingerprint density at radius 1 is 1.16 bits per heavy atom. The molecule has 0 heterocycles. The van der Waals surface area contributed by atoms with Crippen LogP contribution in [0.3, 0.4) is 0 Å². The minimum atomic E-state index is -0.455. The van der Waals surface area contributed by atoms with Crippen LogP contribution in [0.25, 0.3) is 0 Å². The van der Waals surface area contributed by atoms with Crippen LogP contribution in [0.4, 0.5) is 4.39 Å². The maximum absolute atomic E-state index is 13.0. The van der Waals surface area contributed by atoms with Gasteiger partial charge in [0.15, 0.2) is 0 Å². The van der Waals surface area contributed by atoms with Gasteiger partial charge in [-0.15, -0.1) is 0 Å². The lowest BCUT2D eigenvalue weighted by atomic mass is 10.1. The van der Waals surface area contributed by atoms with Gasteiger partial charge in [0.1, 0.15) is 17.3 Å². The van der Waals surface area contributed by atoms with Gasteiger partial charge in [0, 0.05) is 6.07 Å². The fraction of sp³-hybridized carbons (Fsp3) is 0.200. The summed E-state index contributed by atoms with van der Waals surface area (Å²) in [5, 5.41) is 0.0500. The Bertz CT molecular complexity index is 586. The molecular formula is C15H15ClFNO. The Morgan fingerprint density at radius 3 is 2.47 bits per heavy atom. The summed E-state index contributed by atoms with van der Waals surface area (Å²) in [6.07, 6.45) is 0.842. The van der Waals surface area contributed by atoms with Crippen LogP contribution >= 0.6 is 11.6 Å². The van der Waals surface area contributed by atoms with Crippen LogP contribution in [0.1, 0.15) is 11.1 Å². The third-order valence-electron chi connectivity index (χ3n) is 2.85. The molecule has 0 radical (unpaired) electrons. The fourth-order valence-corrected chi connectivity index (χ4v) is 2.01. The smallest absolute Gasteiger partial charge is 0.142 e. The second-order valence-corrected chi connectivity index (χ2v) is 4.71. The molecule has 0 bridgehead atoms. The molecule has 100 valence electrons. The van der Waals surface area contributed by atoms with E-state index >= 15 is 0 Å². The molecule has 0 amide bonds. The molecule has 4 heteroatoms. The highest BCUT2D eigenvalue weighted by Crippen LogP contribution is 2.27. The number of ether oxygens (including phenoxy) is 1. The fourth-order valence-electron chi connectivity index (χ4n) is 1.84. The highest BCUT2D eigenvalue weighted by Gasteiger charge is 2.04. The maximum Gasteiger partial charge on any atom is 0.142 e. The van der Waals surface area contributed by atoms with Gasteiger partial charge in [-0.05, 0) is 55.3 Å². The number of nitrogens with two attached hydrogens (primary N) is 1. The molecule has 0 atom stereocenters. The average molecular weight is 280 g/mol. The lowest BCUT2D eigenvalue weighted by Crippen LogP contribution is -2.04. The first-order chi connectivity index (χ1) is 9.10. The first-order valence-electron chi connectivity index (χ1n) is 6.02. The van der Waals surface area contributed by atoms with Gasteiger partial charge in [-0.1, -0.05) is 17.7 Å². The van der Waals surface area contributed by atoms with Crippen molar-refractivity contribution in [2.24, 2.45) is 5.73 Å². The first-order valence-corrected chi connectivity index (χ1v) is 6.40. The molecule has 0 aliphatic rings. The molecular weight excluding hydrogens is 265 g/mol. The van der Waals surface area contributed by atoms with Gasteiger partial charge < -0.3 is 10.5 Å². The summed E-state index contributed by atoms with van der Waals surface area (Å²) in [5.41, 5.74) is 7.86. The van der Waals surface area contributed by atoms with Crippen LogP contribution in [-0.4, -0.2) is 6.54 Å². The monoisotopic (exact) mass is 279 g/mol. The highest BCUT2D eigenvalue weighted by molar-refractivity contribution is 6.30. The SMILES string of the molecule is Cc1cc(Oc2ccc(F)c(Cl)c2)ccc1CCN. The van der Waals surface area contributed by atoms with Gasteiger partial charge in [0.05, 0.1) is 5.02 Å². The Labute approximate surface area is 117 Å². The number of benzene rings is 2. The minimum absolute atomic E-state index is 0.0500. The summed E-state index contributed by atoms with van der Waals surface area (Å²) in [7, 11) is 0. The third-order valence-corrected chi connectivity index (χ3v) is 3.14. The topological polar surface area (TPSA) is 35.2 Å². The lowest BCUT2D eigenvalue weighted by molar-refractivity contribution is 0.480. The zero-order chi connectivity index (χ0) is 13.8. The molecule has 0 spiro atoms. The van der Waals surface area contributed by atoms with Crippen LogP contribution in [-0.2, 0) is 6.42 Å². The van der Waals surface area contributed by atoms with E-state index in [2.05, 4.69) is 0 Å². The van der Waals surface area contributed by atoms with Crippen molar-refractivity contribution in [3.05, 3.63) is 58.4 Å². The summed E-state index contributed by atoms with van der Waals surface area (Å²) >= 11 is 5.71. The number of hydrogen-bond donors (Lipinski definition) is 1. The van der Waals surface area contributed by atoms with Gasteiger partial charge in [-0.25, -0.2) is 4.39 Å². The molecule has 0 aliphatic heterocycles. The second-order valence-electron chi connectivity index (χ2n) is 4.30. The van der Waals surface area contributed by atoms with E-state index in [1.54, 1.807) is 6.07 Å². The van der Waals surface area contributed by atoms with Crippen molar-refractivity contribution >= 4 is 11.6 Å². The predicted octanol–water partition coefficient (Wildman–Crippen LogP) is 4.08. The van der Waals surface area contributed by atoms with Crippen LogP contribution in [0.2, 0.25) is 5.02 Å². The molecule has 0 fully saturated rings. The number of rotatable bonds is 4. The normalized spacial score (nSPS) is 10.5. The van der Waals surface area contributed by atoms with Crippen molar-refractivity contribution in [3.63, 3.8) is 0 Å². The Balaban J connectivity index is 2.19. The van der Waals surface area contributed by atoms with E-state index in [0.717, 1.165) is 12.0 Å².